The van der Waals surface area contributed by atoms with E-state index in [1.165, 1.54) is 64.9 Å². The van der Waals surface area contributed by atoms with Crippen LogP contribution in [-0.2, 0) is 4.74 Å². The summed E-state index contributed by atoms with van der Waals surface area (Å²) in [5, 5.41) is 0. The highest BCUT2D eigenvalue weighted by Gasteiger charge is 2.09. The number of methoxy groups -OCH3 is 1. The zero-order valence-corrected chi connectivity index (χ0v) is 15.2. The SMILES string of the molecule is CCCCCCCCCCCCOc1ccccc1OC(=O)OC. The summed E-state index contributed by atoms with van der Waals surface area (Å²) in [6.07, 6.45) is 12.2. The van der Waals surface area contributed by atoms with Crippen molar-refractivity contribution in [3.05, 3.63) is 24.3 Å². The van der Waals surface area contributed by atoms with Gasteiger partial charge in [0.25, 0.3) is 0 Å². The molecule has 0 fully saturated rings. The zero-order valence-electron chi connectivity index (χ0n) is 15.2. The molecule has 0 radical (unpaired) electrons. The first-order chi connectivity index (χ1) is 11.8. The average molecular weight is 336 g/mol. The third-order valence-corrected chi connectivity index (χ3v) is 3.96. The van der Waals surface area contributed by atoms with E-state index in [1.807, 2.05) is 6.07 Å². The van der Waals surface area contributed by atoms with Crippen LogP contribution in [0.3, 0.4) is 0 Å². The van der Waals surface area contributed by atoms with Crippen LogP contribution < -0.4 is 9.47 Å². The van der Waals surface area contributed by atoms with Gasteiger partial charge in [-0.25, -0.2) is 4.79 Å². The Hall–Kier alpha value is -1.71. The van der Waals surface area contributed by atoms with Crippen LogP contribution >= 0.6 is 0 Å². The molecule has 0 N–H and O–H groups in total. The number of hydrogen-bond donors (Lipinski definition) is 0. The van der Waals surface area contributed by atoms with Gasteiger partial charge < -0.3 is 14.2 Å². The first kappa shape index (κ1) is 20.3. The maximum Gasteiger partial charge on any atom is 0.513 e. The Morgan fingerprint density at radius 1 is 0.833 bits per heavy atom. The van der Waals surface area contributed by atoms with Crippen molar-refractivity contribution in [2.24, 2.45) is 0 Å². The van der Waals surface area contributed by atoms with Gasteiger partial charge in [0.15, 0.2) is 11.5 Å². The summed E-state index contributed by atoms with van der Waals surface area (Å²) in [7, 11) is 1.29. The summed E-state index contributed by atoms with van der Waals surface area (Å²) in [5.74, 6) is 0.982. The molecule has 0 unspecified atom stereocenters. The fourth-order valence-corrected chi connectivity index (χ4v) is 2.56. The van der Waals surface area contributed by atoms with Gasteiger partial charge in [0.05, 0.1) is 13.7 Å². The van der Waals surface area contributed by atoms with Gasteiger partial charge in [-0.1, -0.05) is 76.8 Å². The van der Waals surface area contributed by atoms with Crippen molar-refractivity contribution >= 4 is 6.16 Å². The highest BCUT2D eigenvalue weighted by Crippen LogP contribution is 2.27. The van der Waals surface area contributed by atoms with E-state index in [0.717, 1.165) is 6.42 Å². The van der Waals surface area contributed by atoms with Gasteiger partial charge in [-0.3, -0.25) is 0 Å². The van der Waals surface area contributed by atoms with E-state index in [4.69, 9.17) is 9.47 Å². The number of rotatable bonds is 13. The smallest absolute Gasteiger partial charge is 0.490 e. The molecule has 0 aliphatic rings. The first-order valence-electron chi connectivity index (χ1n) is 9.25. The van der Waals surface area contributed by atoms with Crippen molar-refractivity contribution in [2.75, 3.05) is 13.7 Å². The molecule has 0 amide bonds. The molecule has 0 aliphatic carbocycles. The Labute approximate surface area is 146 Å². The molecule has 0 bridgehead atoms. The van der Waals surface area contributed by atoms with Crippen LogP contribution in [0.4, 0.5) is 4.79 Å². The van der Waals surface area contributed by atoms with Crippen molar-refractivity contribution in [1.29, 1.82) is 0 Å². The zero-order chi connectivity index (χ0) is 17.5. The van der Waals surface area contributed by atoms with Crippen LogP contribution in [0.25, 0.3) is 0 Å². The number of carbonyl (C=O) groups excluding carboxylic acids is 1. The summed E-state index contributed by atoms with van der Waals surface area (Å²) in [4.78, 5) is 11.2. The van der Waals surface area contributed by atoms with Gasteiger partial charge in [0.1, 0.15) is 0 Å². The monoisotopic (exact) mass is 336 g/mol. The summed E-state index contributed by atoms with van der Waals surface area (Å²) < 4.78 is 15.3. The first-order valence-corrected chi connectivity index (χ1v) is 9.25. The second-order valence-corrected chi connectivity index (χ2v) is 6.03. The maximum atomic E-state index is 11.2. The third kappa shape index (κ3) is 9.43. The van der Waals surface area contributed by atoms with E-state index in [0.29, 0.717) is 18.1 Å². The molecular weight excluding hydrogens is 304 g/mol. The van der Waals surface area contributed by atoms with E-state index < -0.39 is 6.16 Å². The van der Waals surface area contributed by atoms with Crippen LogP contribution in [0.15, 0.2) is 24.3 Å². The topological polar surface area (TPSA) is 44.8 Å². The number of hydrogen-bond acceptors (Lipinski definition) is 4. The normalized spacial score (nSPS) is 10.4. The standard InChI is InChI=1S/C20H32O4/c1-3-4-5-6-7-8-9-10-11-14-17-23-18-15-12-13-16-19(18)24-20(21)22-2/h12-13,15-16H,3-11,14,17H2,1-2H3. The lowest BCUT2D eigenvalue weighted by atomic mass is 10.1. The molecule has 1 aromatic carbocycles. The average Bonchev–Trinajstić information content (AvgIpc) is 2.60. The van der Waals surface area contributed by atoms with Gasteiger partial charge in [-0.2, -0.15) is 0 Å². The van der Waals surface area contributed by atoms with Gasteiger partial charge >= 0.3 is 6.16 Å². The van der Waals surface area contributed by atoms with E-state index in [1.54, 1.807) is 18.2 Å². The van der Waals surface area contributed by atoms with Crippen LogP contribution in [0.5, 0.6) is 11.5 Å². The van der Waals surface area contributed by atoms with Crippen molar-refractivity contribution in [2.45, 2.75) is 71.1 Å². The lowest BCUT2D eigenvalue weighted by Crippen LogP contribution is -2.09. The summed E-state index contributed by atoms with van der Waals surface area (Å²) in [6, 6.07) is 7.16. The van der Waals surface area contributed by atoms with Crippen molar-refractivity contribution in [3.63, 3.8) is 0 Å². The Morgan fingerprint density at radius 2 is 1.38 bits per heavy atom. The molecule has 1 aromatic rings. The predicted molar refractivity (Wildman–Crippen MR) is 96.8 cm³/mol. The molecule has 0 aromatic heterocycles. The highest BCUT2D eigenvalue weighted by atomic mass is 16.7. The highest BCUT2D eigenvalue weighted by molar-refractivity contribution is 5.65. The van der Waals surface area contributed by atoms with E-state index >= 15 is 0 Å². The number of carbonyl (C=O) groups is 1. The summed E-state index contributed by atoms with van der Waals surface area (Å²) >= 11 is 0. The molecule has 1 rings (SSSR count). The lowest BCUT2D eigenvalue weighted by Gasteiger charge is -2.10. The molecule has 0 heterocycles. The molecule has 24 heavy (non-hydrogen) atoms. The summed E-state index contributed by atoms with van der Waals surface area (Å²) in [5.41, 5.74) is 0. The molecule has 4 heteroatoms. The van der Waals surface area contributed by atoms with E-state index in [-0.39, 0.29) is 0 Å². The minimum Gasteiger partial charge on any atom is -0.490 e. The van der Waals surface area contributed by atoms with Crippen LogP contribution in [0.2, 0.25) is 0 Å². The quantitative estimate of drug-likeness (QED) is 0.247. The van der Waals surface area contributed by atoms with Gasteiger partial charge in [0.2, 0.25) is 0 Å². The fourth-order valence-electron chi connectivity index (χ4n) is 2.56. The van der Waals surface area contributed by atoms with Gasteiger partial charge in [-0.15, -0.1) is 0 Å². The largest absolute Gasteiger partial charge is 0.513 e. The third-order valence-electron chi connectivity index (χ3n) is 3.96. The molecule has 0 aliphatic heterocycles. The number of benzene rings is 1. The minimum atomic E-state index is -0.731. The molecule has 0 saturated carbocycles. The van der Waals surface area contributed by atoms with Gasteiger partial charge in [-0.05, 0) is 18.6 Å². The van der Waals surface area contributed by atoms with E-state index in [2.05, 4.69) is 11.7 Å². The Morgan fingerprint density at radius 3 is 1.96 bits per heavy atom. The van der Waals surface area contributed by atoms with Crippen LogP contribution in [-0.4, -0.2) is 19.9 Å². The number of unbranched alkanes of at least 4 members (excludes halogenated alkanes) is 9. The van der Waals surface area contributed by atoms with E-state index in [9.17, 15) is 4.79 Å². The molecule has 136 valence electrons. The van der Waals surface area contributed by atoms with Crippen molar-refractivity contribution in [3.8, 4) is 11.5 Å². The predicted octanol–water partition coefficient (Wildman–Crippen LogP) is 6.13. The Balaban J connectivity index is 2.08. The van der Waals surface area contributed by atoms with Crippen molar-refractivity contribution < 1.29 is 19.0 Å². The van der Waals surface area contributed by atoms with Gasteiger partial charge in [0, 0.05) is 0 Å². The van der Waals surface area contributed by atoms with Crippen molar-refractivity contribution in [1.82, 2.24) is 0 Å². The summed E-state index contributed by atoms with van der Waals surface area (Å²) in [6.45, 7) is 2.89. The maximum absolute atomic E-state index is 11.2. The Kier molecular flexibility index (Phi) is 11.6. The number of para-hydroxylation sites is 2. The molecule has 0 atom stereocenters. The molecule has 0 spiro atoms. The molecule has 0 saturated heterocycles. The fraction of sp³-hybridized carbons (Fsp3) is 0.650. The second-order valence-electron chi connectivity index (χ2n) is 6.03. The van der Waals surface area contributed by atoms with Crippen LogP contribution in [0, 0.1) is 0 Å². The lowest BCUT2D eigenvalue weighted by molar-refractivity contribution is 0.119. The number of ether oxygens (including phenoxy) is 3. The van der Waals surface area contributed by atoms with Crippen LogP contribution in [0.1, 0.15) is 71.1 Å². The minimum absolute atomic E-state index is 0.399. The molecular formula is C20H32O4. The Bertz CT molecular complexity index is 445. The second kappa shape index (κ2) is 13.7. The molecule has 4 nitrogen and oxygen atoms in total.